The molecule has 1 aromatic carbocycles. The molecule has 0 atom stereocenters. The zero-order valence-corrected chi connectivity index (χ0v) is 19.2. The predicted octanol–water partition coefficient (Wildman–Crippen LogP) is 3.68. The highest BCUT2D eigenvalue weighted by Gasteiger charge is 2.30. The molecular formula is C22H33ClN4O3. The molecule has 2 saturated heterocycles. The summed E-state index contributed by atoms with van der Waals surface area (Å²) in [5, 5.41) is 3.70. The Hall–Kier alpha value is -1.99. The van der Waals surface area contributed by atoms with Gasteiger partial charge in [-0.15, -0.1) is 0 Å². The molecule has 2 aliphatic heterocycles. The molecule has 0 aliphatic carbocycles. The van der Waals surface area contributed by atoms with Crippen LogP contribution in [-0.4, -0.2) is 73.7 Å². The van der Waals surface area contributed by atoms with Crippen molar-refractivity contribution >= 4 is 35.0 Å². The Morgan fingerprint density at radius 2 is 1.70 bits per heavy atom. The molecule has 0 spiro atoms. The van der Waals surface area contributed by atoms with Crippen molar-refractivity contribution in [3.05, 3.63) is 23.2 Å². The second-order valence-corrected chi connectivity index (χ2v) is 9.62. The molecule has 0 aromatic heterocycles. The van der Waals surface area contributed by atoms with Crippen LogP contribution in [0.5, 0.6) is 0 Å². The molecule has 2 fully saturated rings. The number of piperidine rings is 1. The summed E-state index contributed by atoms with van der Waals surface area (Å²) >= 11 is 6.22. The maximum Gasteiger partial charge on any atom is 0.410 e. The largest absolute Gasteiger partial charge is 0.444 e. The number of benzene rings is 1. The van der Waals surface area contributed by atoms with E-state index < -0.39 is 5.60 Å². The van der Waals surface area contributed by atoms with E-state index in [-0.39, 0.29) is 17.9 Å². The first-order valence-corrected chi connectivity index (χ1v) is 11.0. The number of piperazine rings is 1. The van der Waals surface area contributed by atoms with Crippen LogP contribution >= 0.6 is 11.6 Å². The molecule has 0 unspecified atom stereocenters. The van der Waals surface area contributed by atoms with E-state index in [9.17, 15) is 9.59 Å². The lowest BCUT2D eigenvalue weighted by atomic mass is 9.96. The zero-order chi connectivity index (χ0) is 21.9. The molecule has 166 valence electrons. The number of carbonyl (C=O) groups excluding carboxylic acids is 2. The van der Waals surface area contributed by atoms with E-state index in [4.69, 9.17) is 16.3 Å². The molecule has 1 aromatic rings. The van der Waals surface area contributed by atoms with Crippen molar-refractivity contribution in [3.8, 4) is 0 Å². The number of carbonyl (C=O) groups is 2. The van der Waals surface area contributed by atoms with Gasteiger partial charge in [-0.2, -0.15) is 0 Å². The van der Waals surface area contributed by atoms with Crippen molar-refractivity contribution in [2.24, 2.45) is 5.92 Å². The van der Waals surface area contributed by atoms with Crippen LogP contribution in [0.3, 0.4) is 0 Å². The topological polar surface area (TPSA) is 65.1 Å². The Kier molecular flexibility index (Phi) is 7.14. The highest BCUT2D eigenvalue weighted by Crippen LogP contribution is 2.31. The second kappa shape index (κ2) is 9.43. The van der Waals surface area contributed by atoms with Gasteiger partial charge in [0.1, 0.15) is 5.60 Å². The number of nitrogens with zero attached hydrogens (tertiary/aromatic N) is 3. The van der Waals surface area contributed by atoms with Crippen LogP contribution in [0.1, 0.15) is 33.6 Å². The van der Waals surface area contributed by atoms with Gasteiger partial charge in [-0.3, -0.25) is 4.79 Å². The lowest BCUT2D eigenvalue weighted by Crippen LogP contribution is -2.45. The molecular weight excluding hydrogens is 404 g/mol. The monoisotopic (exact) mass is 436 g/mol. The lowest BCUT2D eigenvalue weighted by Gasteiger charge is -2.35. The van der Waals surface area contributed by atoms with Gasteiger partial charge in [-0.1, -0.05) is 11.6 Å². The first kappa shape index (κ1) is 22.7. The van der Waals surface area contributed by atoms with E-state index in [1.54, 1.807) is 4.90 Å². The minimum absolute atomic E-state index is 0.0171. The van der Waals surface area contributed by atoms with Crippen LogP contribution in [0, 0.1) is 5.92 Å². The van der Waals surface area contributed by atoms with Crippen LogP contribution in [0.4, 0.5) is 16.2 Å². The summed E-state index contributed by atoms with van der Waals surface area (Å²) in [4.78, 5) is 31.5. The summed E-state index contributed by atoms with van der Waals surface area (Å²) in [5.74, 6) is -0.153. The van der Waals surface area contributed by atoms with Gasteiger partial charge < -0.3 is 24.8 Å². The number of hydrogen-bond donors (Lipinski definition) is 1. The first-order valence-electron chi connectivity index (χ1n) is 10.6. The van der Waals surface area contributed by atoms with E-state index >= 15 is 0 Å². The van der Waals surface area contributed by atoms with Crippen LogP contribution in [0.2, 0.25) is 5.02 Å². The number of halogens is 1. The van der Waals surface area contributed by atoms with Gasteiger partial charge >= 0.3 is 6.09 Å². The summed E-state index contributed by atoms with van der Waals surface area (Å²) in [6.45, 7) is 10.4. The molecule has 30 heavy (non-hydrogen) atoms. The van der Waals surface area contributed by atoms with Crippen molar-refractivity contribution in [1.29, 1.82) is 0 Å². The van der Waals surface area contributed by atoms with E-state index in [0.29, 0.717) is 31.0 Å². The SMILES string of the molecule is CN1CCN(c2ccc(Cl)cc2NC(=O)C2CCN(C(=O)OC(C)(C)C)CC2)CC1. The van der Waals surface area contributed by atoms with Gasteiger partial charge in [0.2, 0.25) is 5.91 Å². The summed E-state index contributed by atoms with van der Waals surface area (Å²) in [6.07, 6.45) is 0.930. The van der Waals surface area contributed by atoms with E-state index in [0.717, 1.165) is 37.6 Å². The quantitative estimate of drug-likeness (QED) is 0.783. The van der Waals surface area contributed by atoms with Crippen LogP contribution in [0.15, 0.2) is 18.2 Å². The number of ether oxygens (including phenoxy) is 1. The minimum Gasteiger partial charge on any atom is -0.444 e. The molecule has 0 bridgehead atoms. The maximum atomic E-state index is 13.0. The summed E-state index contributed by atoms with van der Waals surface area (Å²) in [7, 11) is 2.12. The van der Waals surface area contributed by atoms with Gasteiger partial charge in [0.25, 0.3) is 0 Å². The fourth-order valence-corrected chi connectivity index (χ4v) is 3.99. The Morgan fingerprint density at radius 3 is 2.30 bits per heavy atom. The van der Waals surface area contributed by atoms with E-state index in [2.05, 4.69) is 22.2 Å². The van der Waals surface area contributed by atoms with Gasteiger partial charge in [-0.05, 0) is 58.9 Å². The van der Waals surface area contributed by atoms with Crippen LogP contribution in [-0.2, 0) is 9.53 Å². The van der Waals surface area contributed by atoms with E-state index in [1.807, 2.05) is 39.0 Å². The molecule has 7 nitrogen and oxygen atoms in total. The third kappa shape index (κ3) is 6.01. The number of amides is 2. The third-order valence-electron chi connectivity index (χ3n) is 5.58. The molecule has 0 radical (unpaired) electrons. The molecule has 2 aliphatic rings. The molecule has 0 saturated carbocycles. The molecule has 1 N–H and O–H groups in total. The molecule has 2 amide bonds. The molecule has 2 heterocycles. The van der Waals surface area contributed by atoms with Gasteiger partial charge in [0, 0.05) is 50.2 Å². The van der Waals surface area contributed by atoms with Crippen LogP contribution in [0.25, 0.3) is 0 Å². The second-order valence-electron chi connectivity index (χ2n) is 9.18. The standard InChI is InChI=1S/C22H33ClN4O3/c1-22(2,3)30-21(29)27-9-7-16(8-10-27)20(28)24-18-15-17(23)5-6-19(18)26-13-11-25(4)12-14-26/h5-6,15-16H,7-14H2,1-4H3,(H,24,28). The van der Waals surface area contributed by atoms with Crippen molar-refractivity contribution in [1.82, 2.24) is 9.80 Å². The number of anilines is 2. The smallest absolute Gasteiger partial charge is 0.410 e. The number of hydrogen-bond acceptors (Lipinski definition) is 5. The van der Waals surface area contributed by atoms with Crippen molar-refractivity contribution in [3.63, 3.8) is 0 Å². The maximum absolute atomic E-state index is 13.0. The molecule has 3 rings (SSSR count). The van der Waals surface area contributed by atoms with E-state index in [1.165, 1.54) is 0 Å². The summed E-state index contributed by atoms with van der Waals surface area (Å²) in [5.41, 5.74) is 1.25. The lowest BCUT2D eigenvalue weighted by molar-refractivity contribution is -0.121. The average molecular weight is 437 g/mol. The number of rotatable bonds is 3. The predicted molar refractivity (Wildman–Crippen MR) is 120 cm³/mol. The Balaban J connectivity index is 1.60. The Labute approximate surface area is 184 Å². The number of nitrogens with one attached hydrogen (secondary N) is 1. The third-order valence-corrected chi connectivity index (χ3v) is 5.81. The minimum atomic E-state index is -0.516. The first-order chi connectivity index (χ1) is 14.1. The zero-order valence-electron chi connectivity index (χ0n) is 18.4. The van der Waals surface area contributed by atoms with Crippen LogP contribution < -0.4 is 10.2 Å². The number of likely N-dealkylation sites (N-methyl/N-ethyl adjacent to an activating group) is 1. The van der Waals surface area contributed by atoms with Gasteiger partial charge in [0.15, 0.2) is 0 Å². The van der Waals surface area contributed by atoms with Crippen molar-refractivity contribution in [2.75, 3.05) is 56.5 Å². The highest BCUT2D eigenvalue weighted by molar-refractivity contribution is 6.31. The summed E-state index contributed by atoms with van der Waals surface area (Å²) < 4.78 is 5.43. The average Bonchev–Trinajstić information content (AvgIpc) is 2.68. The van der Waals surface area contributed by atoms with Gasteiger partial charge in [0.05, 0.1) is 11.4 Å². The Bertz CT molecular complexity index is 764. The van der Waals surface area contributed by atoms with Crippen molar-refractivity contribution < 1.29 is 14.3 Å². The number of likely N-dealkylation sites (tertiary alicyclic amines) is 1. The highest BCUT2D eigenvalue weighted by atomic mass is 35.5. The normalized spacial score (nSPS) is 19.0. The Morgan fingerprint density at radius 1 is 1.07 bits per heavy atom. The van der Waals surface area contributed by atoms with Crippen molar-refractivity contribution in [2.45, 2.75) is 39.2 Å². The van der Waals surface area contributed by atoms with Gasteiger partial charge in [-0.25, -0.2) is 4.79 Å². The fraction of sp³-hybridized carbons (Fsp3) is 0.636. The fourth-order valence-electron chi connectivity index (χ4n) is 3.82. The molecule has 8 heteroatoms. The summed E-state index contributed by atoms with van der Waals surface area (Å²) in [6, 6.07) is 5.67.